The van der Waals surface area contributed by atoms with E-state index in [9.17, 15) is 9.59 Å². The molecule has 6 nitrogen and oxygen atoms in total. The number of hydrogen-bond acceptors (Lipinski definition) is 4. The zero-order valence-electron chi connectivity index (χ0n) is 14.7. The van der Waals surface area contributed by atoms with Crippen molar-refractivity contribution in [2.24, 2.45) is 11.1 Å². The molecule has 1 aliphatic rings. The van der Waals surface area contributed by atoms with Crippen LogP contribution in [0.3, 0.4) is 0 Å². The molecule has 23 heavy (non-hydrogen) atoms. The molecule has 6 heteroatoms. The lowest BCUT2D eigenvalue weighted by atomic mass is 9.86. The first-order chi connectivity index (χ1) is 10.6. The largest absolute Gasteiger partial charge is 0.466 e. The second-order valence-electron chi connectivity index (χ2n) is 7.29. The Kier molecular flexibility index (Phi) is 4.84. The van der Waals surface area contributed by atoms with Gasteiger partial charge in [-0.1, -0.05) is 20.8 Å². The quantitative estimate of drug-likeness (QED) is 0.896. The zero-order chi connectivity index (χ0) is 17.4. The number of nitrogens with zero attached hydrogens (tertiary/aromatic N) is 2. The third-order valence-electron chi connectivity index (χ3n) is 4.35. The first-order valence-electron chi connectivity index (χ1n) is 8.02. The fraction of sp³-hybridized carbons (Fsp3) is 0.647. The average molecular weight is 321 g/mol. The van der Waals surface area contributed by atoms with Gasteiger partial charge in [-0.15, -0.1) is 0 Å². The molecule has 1 aliphatic heterocycles. The van der Waals surface area contributed by atoms with Crippen molar-refractivity contribution in [2.45, 2.75) is 40.7 Å². The molecule has 0 radical (unpaired) electrons. The van der Waals surface area contributed by atoms with E-state index >= 15 is 0 Å². The van der Waals surface area contributed by atoms with Crippen molar-refractivity contribution in [2.75, 3.05) is 26.2 Å². The van der Waals surface area contributed by atoms with Crippen LogP contribution in [0, 0.1) is 19.3 Å². The molecule has 0 aromatic carbocycles. The predicted octanol–water partition coefficient (Wildman–Crippen LogP) is 1.55. The van der Waals surface area contributed by atoms with Crippen LogP contribution in [-0.2, 0) is 4.79 Å². The molecule has 0 spiro atoms. The highest BCUT2D eigenvalue weighted by atomic mass is 16.3. The Balaban J connectivity index is 1.97. The first kappa shape index (κ1) is 17.5. The van der Waals surface area contributed by atoms with Crippen LogP contribution >= 0.6 is 0 Å². The molecule has 1 fully saturated rings. The number of amides is 2. The minimum absolute atomic E-state index is 0.0356. The van der Waals surface area contributed by atoms with Crippen molar-refractivity contribution in [3.63, 3.8) is 0 Å². The summed E-state index contributed by atoms with van der Waals surface area (Å²) in [6.07, 6.45) is 0. The molecule has 0 aliphatic carbocycles. The lowest BCUT2D eigenvalue weighted by molar-refractivity contribution is -0.136. The average Bonchev–Trinajstić information content (AvgIpc) is 2.83. The number of aryl methyl sites for hydroxylation is 2. The molecule has 1 saturated heterocycles. The van der Waals surface area contributed by atoms with Crippen LogP contribution < -0.4 is 5.73 Å². The maximum atomic E-state index is 12.5. The van der Waals surface area contributed by atoms with E-state index in [0.29, 0.717) is 37.5 Å². The number of rotatable bonds is 2. The highest BCUT2D eigenvalue weighted by molar-refractivity contribution is 5.95. The van der Waals surface area contributed by atoms with Crippen molar-refractivity contribution in [1.29, 1.82) is 0 Å². The van der Waals surface area contributed by atoms with E-state index in [2.05, 4.69) is 0 Å². The summed E-state index contributed by atoms with van der Waals surface area (Å²) in [6, 6.07) is 1.24. The summed E-state index contributed by atoms with van der Waals surface area (Å²) >= 11 is 0. The molecule has 0 bridgehead atoms. The number of carbonyl (C=O) groups is 2. The molecule has 2 heterocycles. The van der Waals surface area contributed by atoms with Gasteiger partial charge in [-0.2, -0.15) is 0 Å². The van der Waals surface area contributed by atoms with Crippen LogP contribution in [0.5, 0.6) is 0 Å². The molecular formula is C17H27N3O3. The summed E-state index contributed by atoms with van der Waals surface area (Å²) in [6.45, 7) is 11.6. The number of piperazine rings is 1. The number of nitrogens with two attached hydrogens (primary N) is 1. The Morgan fingerprint density at radius 1 is 1.13 bits per heavy atom. The van der Waals surface area contributed by atoms with Crippen LogP contribution in [0.25, 0.3) is 0 Å². The summed E-state index contributed by atoms with van der Waals surface area (Å²) in [5.74, 6) is 1.29. The standard InChI is InChI=1S/C17H27N3O3/c1-11-10-13(12(2)23-11)15(21)19-6-8-20(9-7-19)16(22)14(18)17(3,4)5/h10,14H,6-9,18H2,1-5H3/t14-/m1/s1. The SMILES string of the molecule is Cc1cc(C(=O)N2CCN(C(=O)[C@@H](N)C(C)(C)C)CC2)c(C)o1. The van der Waals surface area contributed by atoms with Gasteiger partial charge >= 0.3 is 0 Å². The van der Waals surface area contributed by atoms with Gasteiger partial charge in [0.25, 0.3) is 5.91 Å². The molecule has 1 aromatic rings. The highest BCUT2D eigenvalue weighted by Crippen LogP contribution is 2.21. The minimum atomic E-state index is -0.525. The summed E-state index contributed by atoms with van der Waals surface area (Å²) in [5, 5.41) is 0. The second-order valence-corrected chi connectivity index (χ2v) is 7.29. The lowest BCUT2D eigenvalue weighted by Gasteiger charge is -2.38. The summed E-state index contributed by atoms with van der Waals surface area (Å²) in [5.41, 5.74) is 6.39. The summed E-state index contributed by atoms with van der Waals surface area (Å²) < 4.78 is 5.43. The lowest BCUT2D eigenvalue weighted by Crippen LogP contribution is -2.57. The van der Waals surface area contributed by atoms with Gasteiger partial charge in [0.05, 0.1) is 11.6 Å². The zero-order valence-corrected chi connectivity index (χ0v) is 14.7. The van der Waals surface area contributed by atoms with Crippen molar-refractivity contribution < 1.29 is 14.0 Å². The molecule has 0 saturated carbocycles. The van der Waals surface area contributed by atoms with Gasteiger partial charge in [0, 0.05) is 26.2 Å². The Labute approximate surface area is 137 Å². The van der Waals surface area contributed by atoms with Crippen molar-refractivity contribution in [1.82, 2.24) is 9.80 Å². The van der Waals surface area contributed by atoms with Crippen LogP contribution in [-0.4, -0.2) is 53.8 Å². The van der Waals surface area contributed by atoms with Gasteiger partial charge in [0.2, 0.25) is 5.91 Å². The van der Waals surface area contributed by atoms with Gasteiger partial charge < -0.3 is 20.0 Å². The smallest absolute Gasteiger partial charge is 0.257 e. The van der Waals surface area contributed by atoms with E-state index in [1.165, 1.54) is 0 Å². The van der Waals surface area contributed by atoms with E-state index in [1.807, 2.05) is 27.7 Å². The topological polar surface area (TPSA) is 79.8 Å². The highest BCUT2D eigenvalue weighted by Gasteiger charge is 2.33. The van der Waals surface area contributed by atoms with E-state index in [1.54, 1.807) is 22.8 Å². The van der Waals surface area contributed by atoms with Gasteiger partial charge in [-0.05, 0) is 25.3 Å². The van der Waals surface area contributed by atoms with E-state index in [4.69, 9.17) is 10.2 Å². The second kappa shape index (κ2) is 6.35. The van der Waals surface area contributed by atoms with E-state index in [-0.39, 0.29) is 17.2 Å². The van der Waals surface area contributed by atoms with Crippen LogP contribution in [0.1, 0.15) is 42.6 Å². The first-order valence-corrected chi connectivity index (χ1v) is 8.02. The van der Waals surface area contributed by atoms with Gasteiger partial charge in [0.15, 0.2) is 0 Å². The van der Waals surface area contributed by atoms with Crippen molar-refractivity contribution in [3.8, 4) is 0 Å². The maximum Gasteiger partial charge on any atom is 0.257 e. The Hall–Kier alpha value is -1.82. The van der Waals surface area contributed by atoms with Crippen LogP contribution in [0.15, 0.2) is 10.5 Å². The summed E-state index contributed by atoms with van der Waals surface area (Å²) in [7, 11) is 0. The van der Waals surface area contributed by atoms with E-state index < -0.39 is 6.04 Å². The molecule has 2 amide bonds. The van der Waals surface area contributed by atoms with Crippen LogP contribution in [0.4, 0.5) is 0 Å². The summed E-state index contributed by atoms with van der Waals surface area (Å²) in [4.78, 5) is 28.5. The molecular weight excluding hydrogens is 294 g/mol. The predicted molar refractivity (Wildman–Crippen MR) is 88.1 cm³/mol. The third-order valence-corrected chi connectivity index (χ3v) is 4.35. The van der Waals surface area contributed by atoms with E-state index in [0.717, 1.165) is 5.76 Å². The fourth-order valence-corrected chi connectivity index (χ4v) is 2.71. The molecule has 1 atom stereocenters. The van der Waals surface area contributed by atoms with Crippen molar-refractivity contribution in [3.05, 3.63) is 23.2 Å². The molecule has 1 aromatic heterocycles. The normalized spacial score (nSPS) is 17.3. The number of hydrogen-bond donors (Lipinski definition) is 1. The number of carbonyl (C=O) groups excluding carboxylic acids is 2. The molecule has 0 unspecified atom stereocenters. The molecule has 2 N–H and O–H groups in total. The fourth-order valence-electron chi connectivity index (χ4n) is 2.71. The Morgan fingerprint density at radius 3 is 2.09 bits per heavy atom. The Bertz CT molecular complexity index is 593. The Morgan fingerprint density at radius 2 is 1.65 bits per heavy atom. The van der Waals surface area contributed by atoms with Crippen molar-refractivity contribution >= 4 is 11.8 Å². The third kappa shape index (κ3) is 3.75. The minimum Gasteiger partial charge on any atom is -0.466 e. The monoisotopic (exact) mass is 321 g/mol. The van der Waals surface area contributed by atoms with Crippen LogP contribution in [0.2, 0.25) is 0 Å². The number of furan rings is 1. The maximum absolute atomic E-state index is 12.5. The van der Waals surface area contributed by atoms with Gasteiger partial charge in [-0.25, -0.2) is 0 Å². The molecule has 128 valence electrons. The molecule has 2 rings (SSSR count). The van der Waals surface area contributed by atoms with Gasteiger partial charge in [0.1, 0.15) is 11.5 Å². The van der Waals surface area contributed by atoms with Gasteiger partial charge in [-0.3, -0.25) is 9.59 Å².